The molecule has 1 heterocycles. The van der Waals surface area contributed by atoms with Crippen LogP contribution in [0.25, 0.3) is 5.76 Å². The van der Waals surface area contributed by atoms with E-state index in [0.29, 0.717) is 17.1 Å². The summed E-state index contributed by atoms with van der Waals surface area (Å²) in [6.45, 7) is 10.4. The summed E-state index contributed by atoms with van der Waals surface area (Å²) in [5.41, 5.74) is 4.78. The highest BCUT2D eigenvalue weighted by Gasteiger charge is 2.46. The summed E-state index contributed by atoms with van der Waals surface area (Å²) in [5.74, 6) is -0.511. The molecular weight excluding hydrogens is 478 g/mol. The second kappa shape index (κ2) is 10.4. The van der Waals surface area contributed by atoms with E-state index in [1.807, 2.05) is 68.4 Å². The minimum atomic E-state index is -0.777. The highest BCUT2D eigenvalue weighted by molar-refractivity contribution is 6.46. The lowest BCUT2D eigenvalue weighted by Gasteiger charge is -2.27. The molecule has 3 aromatic rings. The van der Waals surface area contributed by atoms with E-state index in [0.717, 1.165) is 27.8 Å². The average Bonchev–Trinajstić information content (AvgIpc) is 3.12. The second-order valence-corrected chi connectivity index (χ2v) is 10.8. The van der Waals surface area contributed by atoms with Gasteiger partial charge in [0.15, 0.2) is 0 Å². The lowest BCUT2D eigenvalue weighted by molar-refractivity contribution is -0.140. The number of aliphatic hydroxyl groups is 1. The van der Waals surface area contributed by atoms with Crippen molar-refractivity contribution in [2.75, 3.05) is 14.2 Å². The number of benzene rings is 3. The summed E-state index contributed by atoms with van der Waals surface area (Å²) in [4.78, 5) is 28.5. The number of carbonyl (C=O) groups is 2. The van der Waals surface area contributed by atoms with Crippen LogP contribution in [0, 0.1) is 13.8 Å². The van der Waals surface area contributed by atoms with Gasteiger partial charge in [0.2, 0.25) is 0 Å². The van der Waals surface area contributed by atoms with Gasteiger partial charge < -0.3 is 19.5 Å². The van der Waals surface area contributed by atoms with Crippen LogP contribution in [0.1, 0.15) is 60.2 Å². The highest BCUT2D eigenvalue weighted by atomic mass is 16.5. The number of amides is 1. The third-order valence-electron chi connectivity index (χ3n) is 7.00. The molecule has 6 nitrogen and oxygen atoms in total. The molecule has 6 heteroatoms. The predicted molar refractivity (Wildman–Crippen MR) is 148 cm³/mol. The predicted octanol–water partition coefficient (Wildman–Crippen LogP) is 6.24. The highest BCUT2D eigenvalue weighted by Crippen LogP contribution is 2.43. The van der Waals surface area contributed by atoms with Crippen molar-refractivity contribution in [3.8, 4) is 11.5 Å². The third-order valence-corrected chi connectivity index (χ3v) is 7.00. The largest absolute Gasteiger partial charge is 0.507 e. The van der Waals surface area contributed by atoms with E-state index in [4.69, 9.17) is 9.47 Å². The molecule has 198 valence electrons. The molecule has 0 bridgehead atoms. The number of hydrogen-bond donors (Lipinski definition) is 1. The number of ether oxygens (including phenoxy) is 2. The molecule has 1 saturated heterocycles. The summed E-state index contributed by atoms with van der Waals surface area (Å²) < 4.78 is 11.0. The number of nitrogens with zero attached hydrogens (tertiary/aromatic N) is 1. The van der Waals surface area contributed by atoms with Crippen LogP contribution in [0.5, 0.6) is 11.5 Å². The van der Waals surface area contributed by atoms with Gasteiger partial charge in [-0.3, -0.25) is 9.59 Å². The number of methoxy groups -OCH3 is 2. The van der Waals surface area contributed by atoms with E-state index in [1.165, 1.54) is 12.0 Å². The lowest BCUT2D eigenvalue weighted by atomic mass is 9.85. The Morgan fingerprint density at radius 1 is 0.947 bits per heavy atom. The van der Waals surface area contributed by atoms with E-state index in [2.05, 4.69) is 20.8 Å². The zero-order chi connectivity index (χ0) is 27.8. The molecule has 0 radical (unpaired) electrons. The van der Waals surface area contributed by atoms with E-state index in [9.17, 15) is 14.7 Å². The van der Waals surface area contributed by atoms with Crippen LogP contribution < -0.4 is 9.47 Å². The van der Waals surface area contributed by atoms with Crippen molar-refractivity contribution in [3.05, 3.63) is 99.6 Å². The Morgan fingerprint density at radius 2 is 1.63 bits per heavy atom. The molecule has 1 unspecified atom stereocenters. The fraction of sp³-hybridized carbons (Fsp3) is 0.312. The van der Waals surface area contributed by atoms with E-state index >= 15 is 0 Å². The number of ketones is 1. The van der Waals surface area contributed by atoms with Crippen molar-refractivity contribution in [2.24, 2.45) is 0 Å². The molecule has 1 aliphatic heterocycles. The van der Waals surface area contributed by atoms with Crippen LogP contribution in [-0.2, 0) is 21.5 Å². The van der Waals surface area contributed by atoms with Gasteiger partial charge in [-0.1, -0.05) is 63.2 Å². The van der Waals surface area contributed by atoms with Gasteiger partial charge in [-0.25, -0.2) is 0 Å². The van der Waals surface area contributed by atoms with Crippen molar-refractivity contribution >= 4 is 17.4 Å². The summed E-state index contributed by atoms with van der Waals surface area (Å²) in [6.07, 6.45) is 0. The molecule has 0 aliphatic carbocycles. The first-order valence-electron chi connectivity index (χ1n) is 12.6. The van der Waals surface area contributed by atoms with Crippen molar-refractivity contribution in [2.45, 2.75) is 52.6 Å². The van der Waals surface area contributed by atoms with E-state index in [-0.39, 0.29) is 23.3 Å². The van der Waals surface area contributed by atoms with Gasteiger partial charge in [0.1, 0.15) is 17.3 Å². The molecule has 0 spiro atoms. The van der Waals surface area contributed by atoms with Gasteiger partial charge in [-0.05, 0) is 65.3 Å². The number of aryl methyl sites for hydroxylation is 2. The minimum Gasteiger partial charge on any atom is -0.507 e. The van der Waals surface area contributed by atoms with Crippen molar-refractivity contribution in [1.82, 2.24) is 4.90 Å². The first kappa shape index (κ1) is 27.0. The van der Waals surface area contributed by atoms with Gasteiger partial charge >= 0.3 is 0 Å². The molecule has 1 amide bonds. The van der Waals surface area contributed by atoms with Crippen LogP contribution in [0.2, 0.25) is 0 Å². The van der Waals surface area contributed by atoms with Gasteiger partial charge in [-0.15, -0.1) is 0 Å². The minimum absolute atomic E-state index is 0.0460. The van der Waals surface area contributed by atoms with Crippen molar-refractivity contribution in [3.63, 3.8) is 0 Å². The Kier molecular flexibility index (Phi) is 7.36. The molecule has 0 saturated carbocycles. The Bertz CT molecular complexity index is 1410. The monoisotopic (exact) mass is 513 g/mol. The average molecular weight is 514 g/mol. The maximum Gasteiger partial charge on any atom is 0.295 e. The summed E-state index contributed by atoms with van der Waals surface area (Å²) in [6, 6.07) is 18.2. The standard InChI is InChI=1S/C32H35NO5/c1-19-15-20(2)30(38-7)25(16-19)28(34)26-27(22-11-13-23(14-12-22)32(3,4)5)33(31(36)29(26)35)18-21-9-8-10-24(17-21)37-6/h8-17,27,34H,18H2,1-7H3/b28-26+. The molecule has 38 heavy (non-hydrogen) atoms. The van der Waals surface area contributed by atoms with Crippen molar-refractivity contribution < 1.29 is 24.2 Å². The normalized spacial score (nSPS) is 17.1. The molecule has 1 atom stereocenters. The zero-order valence-corrected chi connectivity index (χ0v) is 23.1. The topological polar surface area (TPSA) is 76.1 Å². The van der Waals surface area contributed by atoms with Crippen LogP contribution >= 0.6 is 0 Å². The van der Waals surface area contributed by atoms with Gasteiger partial charge in [0.25, 0.3) is 11.7 Å². The Labute approximate surface area is 224 Å². The second-order valence-electron chi connectivity index (χ2n) is 10.8. The molecular formula is C32H35NO5. The van der Waals surface area contributed by atoms with Crippen LogP contribution in [-0.4, -0.2) is 35.9 Å². The Morgan fingerprint density at radius 3 is 2.24 bits per heavy atom. The van der Waals surface area contributed by atoms with Crippen LogP contribution in [0.4, 0.5) is 0 Å². The summed E-state index contributed by atoms with van der Waals surface area (Å²) >= 11 is 0. The number of likely N-dealkylation sites (tertiary alicyclic amines) is 1. The molecule has 1 aliphatic rings. The third kappa shape index (κ3) is 5.03. The zero-order valence-electron chi connectivity index (χ0n) is 23.1. The molecule has 1 fully saturated rings. The summed E-state index contributed by atoms with van der Waals surface area (Å²) in [7, 11) is 3.11. The smallest absolute Gasteiger partial charge is 0.295 e. The van der Waals surface area contributed by atoms with E-state index < -0.39 is 17.7 Å². The van der Waals surface area contributed by atoms with Gasteiger partial charge in [0, 0.05) is 6.54 Å². The molecule has 3 aromatic carbocycles. The maximum atomic E-state index is 13.5. The molecule has 0 aromatic heterocycles. The molecule has 1 N–H and O–H groups in total. The Balaban J connectivity index is 1.92. The number of hydrogen-bond acceptors (Lipinski definition) is 5. The fourth-order valence-corrected chi connectivity index (χ4v) is 5.07. The van der Waals surface area contributed by atoms with Crippen LogP contribution in [0.15, 0.2) is 66.2 Å². The fourth-order valence-electron chi connectivity index (χ4n) is 5.07. The first-order valence-corrected chi connectivity index (χ1v) is 12.6. The van der Waals surface area contributed by atoms with Crippen LogP contribution in [0.3, 0.4) is 0 Å². The number of aliphatic hydroxyl groups excluding tert-OH is 1. The van der Waals surface area contributed by atoms with Gasteiger partial charge in [0.05, 0.1) is 31.4 Å². The van der Waals surface area contributed by atoms with Gasteiger partial charge in [-0.2, -0.15) is 0 Å². The molecule has 4 rings (SSSR count). The summed E-state index contributed by atoms with van der Waals surface area (Å²) in [5, 5.41) is 11.6. The number of rotatable bonds is 6. The quantitative estimate of drug-likeness (QED) is 0.240. The number of Topliss-reactive ketones (excluding diaryl/α,β-unsaturated/α-hetero) is 1. The van der Waals surface area contributed by atoms with Crippen molar-refractivity contribution in [1.29, 1.82) is 0 Å². The Hall–Kier alpha value is -4.06. The lowest BCUT2D eigenvalue weighted by Crippen LogP contribution is -2.29. The van der Waals surface area contributed by atoms with E-state index in [1.54, 1.807) is 13.2 Å². The maximum absolute atomic E-state index is 13.5. The number of carbonyl (C=O) groups excluding carboxylic acids is 2. The SMILES string of the molecule is COc1cccc(CN2C(=O)C(=O)/C(=C(/O)c3cc(C)cc(C)c3OC)C2c2ccc(C(C)(C)C)cc2)c1. The first-order chi connectivity index (χ1) is 18.0.